The van der Waals surface area contributed by atoms with Crippen molar-refractivity contribution in [1.29, 1.82) is 0 Å². The van der Waals surface area contributed by atoms with E-state index in [0.717, 1.165) is 43.6 Å². The van der Waals surface area contributed by atoms with Gasteiger partial charge in [0.1, 0.15) is 5.75 Å². The number of carbonyl (C=O) groups excluding carboxylic acids is 2. The summed E-state index contributed by atoms with van der Waals surface area (Å²) >= 11 is 0. The first-order chi connectivity index (χ1) is 15.5. The highest BCUT2D eigenvalue weighted by atomic mass is 16.5. The fourth-order valence-corrected chi connectivity index (χ4v) is 4.52. The molecule has 4 rings (SSSR count). The van der Waals surface area contributed by atoms with Crippen LogP contribution < -0.4 is 9.64 Å². The summed E-state index contributed by atoms with van der Waals surface area (Å²) in [6.45, 7) is 6.83. The Morgan fingerprint density at radius 1 is 1.03 bits per heavy atom. The molecule has 174 valence electrons. The summed E-state index contributed by atoms with van der Waals surface area (Å²) in [5, 5.41) is 0. The van der Waals surface area contributed by atoms with Crippen LogP contribution in [0.25, 0.3) is 0 Å². The van der Waals surface area contributed by atoms with Crippen LogP contribution >= 0.6 is 0 Å². The fourth-order valence-electron chi connectivity index (χ4n) is 4.52. The van der Waals surface area contributed by atoms with E-state index in [1.807, 2.05) is 24.0 Å². The number of benzene rings is 1. The van der Waals surface area contributed by atoms with Crippen molar-refractivity contribution in [2.45, 2.75) is 19.1 Å². The topological polar surface area (TPSA) is 81.2 Å². The zero-order valence-electron chi connectivity index (χ0n) is 19.2. The zero-order chi connectivity index (χ0) is 22.8. The number of piperazine rings is 1. The Kier molecular flexibility index (Phi) is 6.40. The average molecular weight is 445 g/mol. The van der Waals surface area contributed by atoms with Crippen molar-refractivity contribution in [2.24, 2.45) is 4.99 Å². The van der Waals surface area contributed by atoms with Gasteiger partial charge in [-0.1, -0.05) is 0 Å². The van der Waals surface area contributed by atoms with Gasteiger partial charge in [0.25, 0.3) is 5.91 Å². The second kappa shape index (κ2) is 9.23. The van der Waals surface area contributed by atoms with Gasteiger partial charge in [-0.15, -0.1) is 0 Å². The molecule has 0 aromatic heterocycles. The maximum Gasteiger partial charge on any atom is 0.328 e. The van der Waals surface area contributed by atoms with E-state index in [9.17, 15) is 9.59 Å². The molecule has 1 aromatic rings. The van der Waals surface area contributed by atoms with Gasteiger partial charge < -0.3 is 29.1 Å². The molecule has 0 bridgehead atoms. The number of hydrogen-bond donors (Lipinski definition) is 0. The number of carbonyl (C=O) groups is 2. The van der Waals surface area contributed by atoms with Crippen molar-refractivity contribution >= 4 is 23.6 Å². The van der Waals surface area contributed by atoms with Gasteiger partial charge in [0.15, 0.2) is 18.2 Å². The van der Waals surface area contributed by atoms with E-state index < -0.39 is 12.2 Å². The van der Waals surface area contributed by atoms with Gasteiger partial charge in [-0.2, -0.15) is 0 Å². The number of amides is 3. The van der Waals surface area contributed by atoms with Crippen LogP contribution in [0.4, 0.5) is 10.5 Å². The quantitative estimate of drug-likeness (QED) is 0.599. The Hall–Kier alpha value is -3.01. The molecule has 3 amide bonds. The Balaban J connectivity index is 1.50. The molecule has 0 radical (unpaired) electrons. The Bertz CT molecular complexity index is 868. The number of anilines is 1. The third-order valence-corrected chi connectivity index (χ3v) is 6.37. The molecule has 1 aromatic carbocycles. The average Bonchev–Trinajstić information content (AvgIpc) is 3.21. The molecule has 3 heterocycles. The molecule has 0 aliphatic carbocycles. The van der Waals surface area contributed by atoms with Crippen molar-refractivity contribution in [3.63, 3.8) is 0 Å². The van der Waals surface area contributed by atoms with Gasteiger partial charge in [0.05, 0.1) is 13.7 Å². The molecule has 10 heteroatoms. The predicted octanol–water partition coefficient (Wildman–Crippen LogP) is 0.744. The number of nitrogens with zero attached hydrogens (tertiary/aromatic N) is 6. The summed E-state index contributed by atoms with van der Waals surface area (Å²) in [6.07, 6.45) is -0.512. The fraction of sp³-hybridized carbons (Fsp3) is 0.591. The first-order valence-corrected chi connectivity index (χ1v) is 11.1. The number of imide groups is 1. The molecule has 3 aliphatic heterocycles. The number of rotatable bonds is 6. The number of ether oxygens (including phenoxy) is 2. The smallest absolute Gasteiger partial charge is 0.328 e. The predicted molar refractivity (Wildman–Crippen MR) is 121 cm³/mol. The summed E-state index contributed by atoms with van der Waals surface area (Å²) in [5.74, 6) is 1.40. The van der Waals surface area contributed by atoms with E-state index >= 15 is 0 Å². The van der Waals surface area contributed by atoms with E-state index in [2.05, 4.69) is 21.9 Å². The number of fused-ring (bicyclic) bond motifs is 1. The summed E-state index contributed by atoms with van der Waals surface area (Å²) in [7, 11) is 4.90. The third-order valence-electron chi connectivity index (χ3n) is 6.37. The van der Waals surface area contributed by atoms with Crippen LogP contribution in [0.5, 0.6) is 5.75 Å². The molecule has 2 saturated heterocycles. The zero-order valence-corrected chi connectivity index (χ0v) is 19.2. The molecule has 0 saturated carbocycles. The van der Waals surface area contributed by atoms with Crippen LogP contribution in [0.1, 0.15) is 6.92 Å². The van der Waals surface area contributed by atoms with Crippen LogP contribution in [0, 0.1) is 0 Å². The molecule has 3 aliphatic rings. The summed E-state index contributed by atoms with van der Waals surface area (Å²) in [4.78, 5) is 39.7. The van der Waals surface area contributed by atoms with E-state index in [4.69, 9.17) is 14.5 Å². The SMILES string of the molecule is CCOCCN1C(N2CCN(c3ccc(OC)cc3)CC2)=NC2C1C(=O)N(C)C(=O)N2C. The molecule has 2 atom stereocenters. The van der Waals surface area contributed by atoms with Gasteiger partial charge in [0, 0.05) is 59.1 Å². The second-order valence-electron chi connectivity index (χ2n) is 8.14. The van der Waals surface area contributed by atoms with Crippen molar-refractivity contribution in [2.75, 3.05) is 72.0 Å². The van der Waals surface area contributed by atoms with Gasteiger partial charge in [0.2, 0.25) is 0 Å². The maximum atomic E-state index is 13.0. The first-order valence-electron chi connectivity index (χ1n) is 11.1. The summed E-state index contributed by atoms with van der Waals surface area (Å²) in [5.41, 5.74) is 1.16. The lowest BCUT2D eigenvalue weighted by atomic mass is 10.1. The van der Waals surface area contributed by atoms with Gasteiger partial charge in [-0.05, 0) is 31.2 Å². The first kappa shape index (κ1) is 22.2. The van der Waals surface area contributed by atoms with Gasteiger partial charge in [-0.25, -0.2) is 9.79 Å². The number of hydrogen-bond acceptors (Lipinski definition) is 8. The Morgan fingerprint density at radius 2 is 1.69 bits per heavy atom. The van der Waals surface area contributed by atoms with Crippen molar-refractivity contribution in [3.8, 4) is 5.75 Å². The lowest BCUT2D eigenvalue weighted by molar-refractivity contribution is -0.136. The minimum Gasteiger partial charge on any atom is -0.497 e. The van der Waals surface area contributed by atoms with Crippen LogP contribution in [-0.4, -0.2) is 117 Å². The monoisotopic (exact) mass is 444 g/mol. The summed E-state index contributed by atoms with van der Waals surface area (Å²) < 4.78 is 10.8. The highest BCUT2D eigenvalue weighted by Gasteiger charge is 2.52. The maximum absolute atomic E-state index is 13.0. The van der Waals surface area contributed by atoms with Crippen molar-refractivity contribution in [3.05, 3.63) is 24.3 Å². The molecule has 32 heavy (non-hydrogen) atoms. The molecule has 0 spiro atoms. The molecule has 10 nitrogen and oxygen atoms in total. The molecule has 2 unspecified atom stereocenters. The standard InChI is InChI=1S/C22H32N6O4/c1-5-32-15-14-28-18-19(24(2)22(30)25(3)20(18)29)23-21(28)27-12-10-26(11-13-27)16-6-8-17(31-4)9-7-16/h6-9,18-19H,5,10-15H2,1-4H3. The number of methoxy groups -OCH3 is 1. The van der Waals surface area contributed by atoms with Crippen LogP contribution in [0.2, 0.25) is 0 Å². The van der Waals surface area contributed by atoms with Crippen molar-refractivity contribution < 1.29 is 19.1 Å². The van der Waals surface area contributed by atoms with Crippen LogP contribution in [0.15, 0.2) is 29.3 Å². The second-order valence-corrected chi connectivity index (χ2v) is 8.14. The van der Waals surface area contributed by atoms with Crippen LogP contribution in [-0.2, 0) is 9.53 Å². The highest BCUT2D eigenvalue weighted by Crippen LogP contribution is 2.29. The summed E-state index contributed by atoms with van der Waals surface area (Å²) in [6, 6.07) is 7.24. The largest absolute Gasteiger partial charge is 0.497 e. The molecular formula is C22H32N6O4. The molecule has 2 fully saturated rings. The lowest BCUT2D eigenvalue weighted by Crippen LogP contribution is -2.65. The minimum atomic E-state index is -0.516. The number of urea groups is 1. The minimum absolute atomic E-state index is 0.217. The van der Waals surface area contributed by atoms with E-state index in [1.165, 1.54) is 11.9 Å². The van der Waals surface area contributed by atoms with E-state index in [-0.39, 0.29) is 11.9 Å². The highest BCUT2D eigenvalue weighted by molar-refractivity contribution is 6.03. The van der Waals surface area contributed by atoms with E-state index in [1.54, 1.807) is 19.1 Å². The Morgan fingerprint density at radius 3 is 2.31 bits per heavy atom. The lowest BCUT2D eigenvalue weighted by Gasteiger charge is -2.42. The molecular weight excluding hydrogens is 412 g/mol. The van der Waals surface area contributed by atoms with Crippen LogP contribution in [0.3, 0.4) is 0 Å². The number of guanidine groups is 1. The Labute approximate surface area is 188 Å². The van der Waals surface area contributed by atoms with E-state index in [0.29, 0.717) is 19.8 Å². The number of aliphatic imine (C=N–C) groups is 1. The van der Waals surface area contributed by atoms with Crippen molar-refractivity contribution in [1.82, 2.24) is 19.6 Å². The number of likely N-dealkylation sites (N-methyl/N-ethyl adjacent to an activating group) is 2. The van der Waals surface area contributed by atoms with Gasteiger partial charge in [-0.3, -0.25) is 9.69 Å². The van der Waals surface area contributed by atoms with Gasteiger partial charge >= 0.3 is 6.03 Å². The normalized spacial score (nSPS) is 23.6. The third kappa shape index (κ3) is 3.94. The molecule has 0 N–H and O–H groups in total.